The van der Waals surface area contributed by atoms with E-state index in [-0.39, 0.29) is 24.5 Å². The first kappa shape index (κ1) is 20.9. The molecule has 1 aliphatic rings. The van der Waals surface area contributed by atoms with Gasteiger partial charge in [0.05, 0.1) is 6.10 Å². The van der Waals surface area contributed by atoms with Crippen LogP contribution in [-0.2, 0) is 21.1 Å². The van der Waals surface area contributed by atoms with Crippen LogP contribution in [-0.4, -0.2) is 22.3 Å². The van der Waals surface area contributed by atoms with E-state index in [1.54, 1.807) is 0 Å². The predicted octanol–water partition coefficient (Wildman–Crippen LogP) is 3.73. The monoisotopic (exact) mass is 445 g/mol. The topological polar surface area (TPSA) is 82.6 Å². The summed E-state index contributed by atoms with van der Waals surface area (Å²) in [5, 5.41) is 2.06. The van der Waals surface area contributed by atoms with Gasteiger partial charge in [-0.2, -0.15) is 0 Å². The molecule has 2 aromatic carbocycles. The van der Waals surface area contributed by atoms with Gasteiger partial charge in [0.25, 0.3) is 5.56 Å². The van der Waals surface area contributed by atoms with Crippen LogP contribution in [0.25, 0.3) is 10.8 Å². The molecule has 1 aromatic heterocycles. The molecular formula is C21H22N2O5PS+. The highest BCUT2D eigenvalue weighted by Crippen LogP contribution is 2.40. The Kier molecular flexibility index (Phi) is 6.11. The Morgan fingerprint density at radius 1 is 1.10 bits per heavy atom. The van der Waals surface area contributed by atoms with Gasteiger partial charge in [-0.1, -0.05) is 50.2 Å². The quantitative estimate of drug-likeness (QED) is 0.583. The fraction of sp³-hybridized carbons (Fsp3) is 0.333. The average Bonchev–Trinajstić information content (AvgIpc) is 3.01. The van der Waals surface area contributed by atoms with E-state index in [1.807, 2.05) is 56.3 Å². The van der Waals surface area contributed by atoms with Crippen LogP contribution in [0.2, 0.25) is 0 Å². The summed E-state index contributed by atoms with van der Waals surface area (Å²) >= 11 is 5.41. The molecule has 7 nitrogen and oxygen atoms in total. The van der Waals surface area contributed by atoms with Gasteiger partial charge in [-0.3, -0.25) is 14.3 Å². The Labute approximate surface area is 179 Å². The first-order chi connectivity index (χ1) is 14.4. The smallest absolute Gasteiger partial charge is 0.351 e. The SMILES string of the molecule is CC1C(CO[P+](=S)Oc2cccc3ccccc23)OC(n2ccc(=O)[nH]c2=O)C1C. The summed E-state index contributed by atoms with van der Waals surface area (Å²) in [7, 11) is -1.57. The number of benzene rings is 2. The van der Waals surface area contributed by atoms with Crippen LogP contribution in [0.15, 0.2) is 64.3 Å². The maximum Gasteiger partial charge on any atom is 0.573 e. The molecule has 9 heteroatoms. The molecule has 2 heterocycles. The van der Waals surface area contributed by atoms with Crippen LogP contribution in [0.5, 0.6) is 5.75 Å². The summed E-state index contributed by atoms with van der Waals surface area (Å²) in [6, 6.07) is 15.1. The number of nitrogens with zero attached hydrogens (tertiary/aromatic N) is 1. The zero-order valence-electron chi connectivity index (χ0n) is 16.6. The number of fused-ring (bicyclic) bond motifs is 1. The van der Waals surface area contributed by atoms with Gasteiger partial charge >= 0.3 is 12.8 Å². The largest absolute Gasteiger partial charge is 0.573 e. The number of rotatable bonds is 6. The van der Waals surface area contributed by atoms with Crippen molar-refractivity contribution in [3.8, 4) is 5.75 Å². The number of aromatic nitrogens is 2. The summed E-state index contributed by atoms with van der Waals surface area (Å²) in [5.74, 6) is 0.878. The van der Waals surface area contributed by atoms with Crippen molar-refractivity contribution in [3.05, 3.63) is 75.6 Å². The van der Waals surface area contributed by atoms with Gasteiger partial charge in [-0.05, 0) is 17.4 Å². The van der Waals surface area contributed by atoms with Gasteiger partial charge in [0, 0.05) is 23.6 Å². The van der Waals surface area contributed by atoms with Gasteiger partial charge in [-0.25, -0.2) is 9.32 Å². The van der Waals surface area contributed by atoms with E-state index in [0.29, 0.717) is 5.75 Å². The molecule has 1 aliphatic heterocycles. The third-order valence-electron chi connectivity index (χ3n) is 5.57. The van der Waals surface area contributed by atoms with Crippen LogP contribution in [0.1, 0.15) is 20.1 Å². The number of H-pyrrole nitrogens is 1. The molecular weight excluding hydrogens is 423 g/mol. The van der Waals surface area contributed by atoms with Crippen molar-refractivity contribution >= 4 is 29.7 Å². The Morgan fingerprint density at radius 3 is 2.67 bits per heavy atom. The Morgan fingerprint density at radius 2 is 1.87 bits per heavy atom. The summed E-state index contributed by atoms with van der Waals surface area (Å²) in [6.07, 6.45) is 0.739. The third-order valence-corrected chi connectivity index (χ3v) is 6.82. The predicted molar refractivity (Wildman–Crippen MR) is 118 cm³/mol. The second-order valence-electron chi connectivity index (χ2n) is 7.39. The Bertz CT molecular complexity index is 1190. The molecule has 30 heavy (non-hydrogen) atoms. The fourth-order valence-electron chi connectivity index (χ4n) is 3.68. The second-order valence-corrected chi connectivity index (χ2v) is 9.17. The molecule has 0 saturated carbocycles. The third kappa shape index (κ3) is 4.23. The average molecular weight is 445 g/mol. The van der Waals surface area contributed by atoms with Gasteiger partial charge in [-0.15, -0.1) is 4.52 Å². The number of nitrogens with one attached hydrogen (secondary N) is 1. The molecule has 156 valence electrons. The molecule has 0 spiro atoms. The standard InChI is InChI=1S/C21H21N2O5PS/c1-13-14(2)20(23-11-10-19(24)22-21(23)25)27-18(13)12-26-29(30)28-17-9-5-7-15-6-3-4-8-16(15)17/h3-11,13-14,18,20H,12H2,1-2H3/p+1. The number of aromatic amines is 1. The maximum atomic E-state index is 12.1. The maximum absolute atomic E-state index is 12.1. The zero-order chi connectivity index (χ0) is 21.3. The van der Waals surface area contributed by atoms with Gasteiger partial charge in [0.2, 0.25) is 11.8 Å². The lowest BCUT2D eigenvalue weighted by Gasteiger charge is -2.18. The molecule has 0 bridgehead atoms. The van der Waals surface area contributed by atoms with E-state index >= 15 is 0 Å². The lowest BCUT2D eigenvalue weighted by molar-refractivity contribution is -0.0322. The van der Waals surface area contributed by atoms with E-state index in [2.05, 4.69) is 4.98 Å². The van der Waals surface area contributed by atoms with Crippen molar-refractivity contribution in [2.75, 3.05) is 6.61 Å². The van der Waals surface area contributed by atoms with Crippen molar-refractivity contribution in [2.24, 2.45) is 11.8 Å². The highest BCUT2D eigenvalue weighted by atomic mass is 32.4. The van der Waals surface area contributed by atoms with Crippen LogP contribution < -0.4 is 15.8 Å². The summed E-state index contributed by atoms with van der Waals surface area (Å²) in [6.45, 7) is 4.32. The number of hydrogen-bond acceptors (Lipinski definition) is 6. The first-order valence-electron chi connectivity index (χ1n) is 9.67. The van der Waals surface area contributed by atoms with Gasteiger partial charge < -0.3 is 4.74 Å². The van der Waals surface area contributed by atoms with Gasteiger partial charge in [0.1, 0.15) is 12.8 Å². The molecule has 5 atom stereocenters. The number of ether oxygens (including phenoxy) is 1. The van der Waals surface area contributed by atoms with Crippen LogP contribution in [0.3, 0.4) is 0 Å². The Hall–Kier alpha value is -2.38. The fourth-order valence-corrected chi connectivity index (χ4v) is 4.74. The first-order valence-corrected chi connectivity index (χ1v) is 11.9. The molecule has 0 radical (unpaired) electrons. The molecule has 4 rings (SSSR count). The van der Waals surface area contributed by atoms with Crippen LogP contribution in [0, 0.1) is 11.8 Å². The molecule has 1 saturated heterocycles. The van der Waals surface area contributed by atoms with E-state index in [1.165, 1.54) is 16.8 Å². The summed E-state index contributed by atoms with van der Waals surface area (Å²) in [5.41, 5.74) is -0.921. The minimum absolute atomic E-state index is 0.0533. The molecule has 0 amide bonds. The van der Waals surface area contributed by atoms with Crippen molar-refractivity contribution in [3.63, 3.8) is 0 Å². The molecule has 3 aromatic rings. The van der Waals surface area contributed by atoms with Crippen LogP contribution in [0.4, 0.5) is 0 Å². The van der Waals surface area contributed by atoms with E-state index in [4.69, 9.17) is 25.6 Å². The highest BCUT2D eigenvalue weighted by Gasteiger charge is 2.42. The van der Waals surface area contributed by atoms with Crippen molar-refractivity contribution < 1.29 is 13.8 Å². The Balaban J connectivity index is 1.41. The molecule has 1 N–H and O–H groups in total. The normalized spacial score (nSPS) is 24.1. The molecule has 5 unspecified atom stereocenters. The van der Waals surface area contributed by atoms with E-state index < -0.39 is 24.6 Å². The minimum Gasteiger partial charge on any atom is -0.351 e. The van der Waals surface area contributed by atoms with Crippen molar-refractivity contribution in [1.82, 2.24) is 9.55 Å². The summed E-state index contributed by atoms with van der Waals surface area (Å²) in [4.78, 5) is 25.7. The van der Waals surface area contributed by atoms with Crippen molar-refractivity contribution in [1.29, 1.82) is 0 Å². The molecule has 1 fully saturated rings. The summed E-state index contributed by atoms with van der Waals surface area (Å²) < 4.78 is 19.2. The number of hydrogen-bond donors (Lipinski definition) is 1. The van der Waals surface area contributed by atoms with E-state index in [0.717, 1.165) is 10.8 Å². The zero-order valence-corrected chi connectivity index (χ0v) is 18.3. The van der Waals surface area contributed by atoms with Gasteiger partial charge in [0.15, 0.2) is 5.75 Å². The lowest BCUT2D eigenvalue weighted by atomic mass is 9.93. The highest BCUT2D eigenvalue weighted by molar-refractivity contribution is 8.00. The van der Waals surface area contributed by atoms with Crippen molar-refractivity contribution in [2.45, 2.75) is 26.2 Å². The minimum atomic E-state index is -1.57. The van der Waals surface area contributed by atoms with Crippen LogP contribution >= 0.6 is 7.15 Å². The molecule has 0 aliphatic carbocycles. The lowest BCUT2D eigenvalue weighted by Crippen LogP contribution is -2.33. The van der Waals surface area contributed by atoms with E-state index in [9.17, 15) is 9.59 Å². The second kappa shape index (κ2) is 8.78.